The number of nitrogens with zero attached hydrogens (tertiary/aromatic N) is 1. The summed E-state index contributed by atoms with van der Waals surface area (Å²) in [6, 6.07) is 0. The van der Waals surface area contributed by atoms with Crippen LogP contribution in [-0.4, -0.2) is 53.3 Å². The average Bonchev–Trinajstić information content (AvgIpc) is 1.98. The van der Waals surface area contributed by atoms with Crippen LogP contribution in [0.4, 0.5) is 0 Å². The minimum absolute atomic E-state index is 0. The van der Waals surface area contributed by atoms with Crippen molar-refractivity contribution >= 4 is 36.8 Å². The molecule has 0 aromatic carbocycles. The molecule has 0 aromatic heterocycles. The molecule has 0 saturated heterocycles. The van der Waals surface area contributed by atoms with E-state index in [0.29, 0.717) is 0 Å². The van der Waals surface area contributed by atoms with Crippen molar-refractivity contribution in [3.63, 3.8) is 0 Å². The van der Waals surface area contributed by atoms with E-state index in [9.17, 15) is 9.59 Å². The molecule has 0 aromatic rings. The standard InChI is InChI=1S/C6H12N2O5.2ClH/c7-13-2-1-8(3-5(9)10)4-6(11)12;;/h1-4,7H2,(H,9,10)(H,11,12);2*1H. The fourth-order valence-electron chi connectivity index (χ4n) is 0.778. The molecule has 0 rings (SSSR count). The summed E-state index contributed by atoms with van der Waals surface area (Å²) in [6.07, 6.45) is 0. The van der Waals surface area contributed by atoms with Gasteiger partial charge in [0, 0.05) is 6.54 Å². The third-order valence-corrected chi connectivity index (χ3v) is 1.24. The van der Waals surface area contributed by atoms with Gasteiger partial charge in [0.1, 0.15) is 0 Å². The van der Waals surface area contributed by atoms with E-state index < -0.39 is 11.9 Å². The van der Waals surface area contributed by atoms with E-state index in [1.165, 1.54) is 4.90 Å². The molecular weight excluding hydrogens is 251 g/mol. The molecule has 9 heteroatoms. The first-order valence-electron chi connectivity index (χ1n) is 3.54. The molecule has 0 bridgehead atoms. The minimum atomic E-state index is -1.08. The molecule has 92 valence electrons. The third kappa shape index (κ3) is 13.4. The Kier molecular flexibility index (Phi) is 15.2. The zero-order valence-corrected chi connectivity index (χ0v) is 9.42. The Bertz CT molecular complexity index is 176. The zero-order valence-electron chi connectivity index (χ0n) is 7.79. The van der Waals surface area contributed by atoms with Gasteiger partial charge in [0.15, 0.2) is 0 Å². The van der Waals surface area contributed by atoms with Crippen LogP contribution in [0.25, 0.3) is 0 Å². The van der Waals surface area contributed by atoms with Gasteiger partial charge in [-0.3, -0.25) is 14.5 Å². The molecule has 0 atom stereocenters. The summed E-state index contributed by atoms with van der Waals surface area (Å²) in [5.74, 6) is 2.55. The molecule has 0 spiro atoms. The van der Waals surface area contributed by atoms with Crippen molar-refractivity contribution in [2.45, 2.75) is 0 Å². The van der Waals surface area contributed by atoms with Crippen molar-refractivity contribution in [2.24, 2.45) is 5.90 Å². The highest BCUT2D eigenvalue weighted by Gasteiger charge is 2.12. The van der Waals surface area contributed by atoms with Gasteiger partial charge in [-0.25, -0.2) is 5.90 Å². The lowest BCUT2D eigenvalue weighted by molar-refractivity contribution is -0.142. The number of carbonyl (C=O) groups is 2. The van der Waals surface area contributed by atoms with Crippen LogP contribution in [0.3, 0.4) is 0 Å². The van der Waals surface area contributed by atoms with Gasteiger partial charge >= 0.3 is 11.9 Å². The van der Waals surface area contributed by atoms with Crippen LogP contribution in [0.15, 0.2) is 0 Å². The SMILES string of the molecule is Cl.Cl.NOCCN(CC(=O)O)CC(=O)O. The summed E-state index contributed by atoms with van der Waals surface area (Å²) in [5.41, 5.74) is 0. The second-order valence-corrected chi connectivity index (χ2v) is 2.37. The quantitative estimate of drug-likeness (QED) is 0.516. The largest absolute Gasteiger partial charge is 0.480 e. The first kappa shape index (κ1) is 19.9. The second kappa shape index (κ2) is 11.5. The van der Waals surface area contributed by atoms with Gasteiger partial charge in [0.2, 0.25) is 0 Å². The van der Waals surface area contributed by atoms with Crippen LogP contribution in [0.5, 0.6) is 0 Å². The first-order valence-corrected chi connectivity index (χ1v) is 3.54. The van der Waals surface area contributed by atoms with Crippen molar-refractivity contribution < 1.29 is 24.6 Å². The van der Waals surface area contributed by atoms with Crippen LogP contribution >= 0.6 is 24.8 Å². The molecule has 4 N–H and O–H groups in total. The van der Waals surface area contributed by atoms with E-state index in [1.54, 1.807) is 0 Å². The van der Waals surface area contributed by atoms with Crippen molar-refractivity contribution in [3.05, 3.63) is 0 Å². The fraction of sp³-hybridized carbons (Fsp3) is 0.667. The number of carboxylic acid groups (broad SMARTS) is 2. The highest BCUT2D eigenvalue weighted by molar-refractivity contribution is 5.85. The molecule has 7 nitrogen and oxygen atoms in total. The molecule has 0 unspecified atom stereocenters. The predicted molar refractivity (Wildman–Crippen MR) is 56.3 cm³/mol. The van der Waals surface area contributed by atoms with Crippen molar-refractivity contribution in [1.29, 1.82) is 0 Å². The lowest BCUT2D eigenvalue weighted by atomic mass is 10.4. The van der Waals surface area contributed by atoms with Gasteiger partial charge in [-0.2, -0.15) is 0 Å². The van der Waals surface area contributed by atoms with Gasteiger partial charge in [0.05, 0.1) is 19.7 Å². The van der Waals surface area contributed by atoms with Gasteiger partial charge < -0.3 is 15.1 Å². The first-order chi connectivity index (χ1) is 6.06. The van der Waals surface area contributed by atoms with Gasteiger partial charge in [0.25, 0.3) is 0 Å². The molecule has 0 aliphatic rings. The molecule has 0 heterocycles. The Morgan fingerprint density at radius 2 is 1.53 bits per heavy atom. The maximum absolute atomic E-state index is 10.2. The van der Waals surface area contributed by atoms with E-state index in [2.05, 4.69) is 4.84 Å². The summed E-state index contributed by atoms with van der Waals surface area (Å²) >= 11 is 0. The molecule has 0 aliphatic carbocycles. The Morgan fingerprint density at radius 3 is 1.80 bits per heavy atom. The monoisotopic (exact) mass is 264 g/mol. The minimum Gasteiger partial charge on any atom is -0.480 e. The summed E-state index contributed by atoms with van der Waals surface area (Å²) in [6.45, 7) is -0.402. The lowest BCUT2D eigenvalue weighted by Gasteiger charge is -2.16. The second-order valence-electron chi connectivity index (χ2n) is 2.37. The highest BCUT2D eigenvalue weighted by Crippen LogP contribution is 1.87. The highest BCUT2D eigenvalue weighted by atomic mass is 35.5. The van der Waals surface area contributed by atoms with Crippen molar-refractivity contribution in [2.75, 3.05) is 26.2 Å². The number of halogens is 2. The summed E-state index contributed by atoms with van der Waals surface area (Å²) in [7, 11) is 0. The Morgan fingerprint density at radius 1 is 1.13 bits per heavy atom. The predicted octanol–water partition coefficient (Wildman–Crippen LogP) is -0.808. The third-order valence-electron chi connectivity index (χ3n) is 1.24. The van der Waals surface area contributed by atoms with Crippen LogP contribution in [0.2, 0.25) is 0 Å². The molecular formula is C6H14Cl2N2O5. The zero-order chi connectivity index (χ0) is 10.3. The number of aliphatic carboxylic acids is 2. The molecule has 0 radical (unpaired) electrons. The van der Waals surface area contributed by atoms with Gasteiger partial charge in [-0.1, -0.05) is 0 Å². The van der Waals surface area contributed by atoms with Crippen molar-refractivity contribution in [1.82, 2.24) is 4.90 Å². The Labute approximate surface area is 98.9 Å². The average molecular weight is 265 g/mol. The van der Waals surface area contributed by atoms with E-state index in [4.69, 9.17) is 16.1 Å². The molecule has 0 saturated carbocycles. The van der Waals surface area contributed by atoms with E-state index in [1.807, 2.05) is 0 Å². The normalized spacial score (nSPS) is 8.93. The van der Waals surface area contributed by atoms with E-state index in [0.717, 1.165) is 0 Å². The molecule has 15 heavy (non-hydrogen) atoms. The van der Waals surface area contributed by atoms with Crippen molar-refractivity contribution in [3.8, 4) is 0 Å². The smallest absolute Gasteiger partial charge is 0.317 e. The maximum atomic E-state index is 10.2. The lowest BCUT2D eigenvalue weighted by Crippen LogP contribution is -2.37. The molecule has 0 aliphatic heterocycles. The molecule has 0 amide bonds. The Balaban J connectivity index is -0.000000720. The van der Waals surface area contributed by atoms with E-state index >= 15 is 0 Å². The number of hydrogen-bond acceptors (Lipinski definition) is 5. The van der Waals surface area contributed by atoms with Crippen LogP contribution < -0.4 is 5.90 Å². The summed E-state index contributed by atoms with van der Waals surface area (Å²) in [4.78, 5) is 25.9. The summed E-state index contributed by atoms with van der Waals surface area (Å²) in [5, 5.41) is 16.8. The number of hydrogen-bond donors (Lipinski definition) is 3. The van der Waals surface area contributed by atoms with Gasteiger partial charge in [-0.05, 0) is 0 Å². The van der Waals surface area contributed by atoms with Crippen LogP contribution in [0.1, 0.15) is 0 Å². The topological polar surface area (TPSA) is 113 Å². The van der Waals surface area contributed by atoms with Crippen LogP contribution in [0, 0.1) is 0 Å². The van der Waals surface area contributed by atoms with Crippen LogP contribution in [-0.2, 0) is 14.4 Å². The summed E-state index contributed by atoms with van der Waals surface area (Å²) < 4.78 is 0. The number of carboxylic acids is 2. The van der Waals surface area contributed by atoms with Gasteiger partial charge in [-0.15, -0.1) is 24.8 Å². The number of nitrogens with two attached hydrogens (primary N) is 1. The molecule has 0 fully saturated rings. The Hall–Kier alpha value is -0.600. The maximum Gasteiger partial charge on any atom is 0.317 e. The van der Waals surface area contributed by atoms with E-state index in [-0.39, 0.29) is 51.1 Å². The fourth-order valence-corrected chi connectivity index (χ4v) is 0.778. The number of rotatable bonds is 7.